The summed E-state index contributed by atoms with van der Waals surface area (Å²) < 4.78 is 49.2. The Morgan fingerprint density at radius 2 is 1.92 bits per heavy atom. The number of halogens is 3. The quantitative estimate of drug-likeness (QED) is 0.651. The van der Waals surface area contributed by atoms with Gasteiger partial charge in [0.1, 0.15) is 11.3 Å². The van der Waals surface area contributed by atoms with Crippen LogP contribution in [0.4, 0.5) is 18.0 Å². The van der Waals surface area contributed by atoms with Gasteiger partial charge in [0.05, 0.1) is 10.9 Å². The lowest BCUT2D eigenvalue weighted by Gasteiger charge is -2.11. The highest BCUT2D eigenvalue weighted by Gasteiger charge is 2.39. The molecular formula is C15H7F3O6S. The van der Waals surface area contributed by atoms with E-state index in [9.17, 15) is 27.9 Å². The highest BCUT2D eigenvalue weighted by molar-refractivity contribution is 7.17. The fourth-order valence-electron chi connectivity index (χ4n) is 2.20. The third-order valence-corrected chi connectivity index (χ3v) is 4.13. The summed E-state index contributed by atoms with van der Waals surface area (Å²) in [4.78, 5) is 22.9. The van der Waals surface area contributed by atoms with Gasteiger partial charge < -0.3 is 19.4 Å². The number of ether oxygens (including phenoxy) is 1. The largest absolute Gasteiger partial charge is 0.512 e. The van der Waals surface area contributed by atoms with E-state index in [1.807, 2.05) is 0 Å². The van der Waals surface area contributed by atoms with Gasteiger partial charge in [-0.1, -0.05) is 11.3 Å². The molecule has 0 amide bonds. The molecule has 0 saturated carbocycles. The van der Waals surface area contributed by atoms with Gasteiger partial charge >= 0.3 is 12.3 Å². The van der Waals surface area contributed by atoms with E-state index in [0.29, 0.717) is 11.3 Å². The second kappa shape index (κ2) is 5.81. The molecule has 1 aromatic carbocycles. The number of alkyl halides is 3. The van der Waals surface area contributed by atoms with Crippen LogP contribution in [0.5, 0.6) is 10.8 Å². The molecule has 3 rings (SSSR count). The SMILES string of the molecule is O=C(O)Oc1ccc(-c2c(C(F)(F)F)oc3cc(O)ccc3c2=O)s1. The van der Waals surface area contributed by atoms with Crippen molar-refractivity contribution in [1.82, 2.24) is 0 Å². The average molecular weight is 372 g/mol. The molecule has 0 aliphatic rings. The zero-order valence-electron chi connectivity index (χ0n) is 12.0. The minimum absolute atomic E-state index is 0.157. The van der Waals surface area contributed by atoms with Crippen molar-refractivity contribution in [3.8, 4) is 21.3 Å². The molecule has 10 heteroatoms. The van der Waals surface area contributed by atoms with Crippen LogP contribution in [0, 0.1) is 0 Å². The normalized spacial score (nSPS) is 11.6. The van der Waals surface area contributed by atoms with Crippen LogP contribution in [-0.4, -0.2) is 16.4 Å². The van der Waals surface area contributed by atoms with Gasteiger partial charge in [0, 0.05) is 10.9 Å². The van der Waals surface area contributed by atoms with Crippen LogP contribution in [0.25, 0.3) is 21.4 Å². The number of hydrogen-bond acceptors (Lipinski definition) is 6. The second-order valence-electron chi connectivity index (χ2n) is 4.80. The number of hydrogen-bond donors (Lipinski definition) is 2. The van der Waals surface area contributed by atoms with E-state index in [2.05, 4.69) is 4.74 Å². The van der Waals surface area contributed by atoms with Crippen molar-refractivity contribution >= 4 is 28.5 Å². The number of carboxylic acid groups (broad SMARTS) is 1. The van der Waals surface area contributed by atoms with Gasteiger partial charge in [-0.2, -0.15) is 13.2 Å². The van der Waals surface area contributed by atoms with Gasteiger partial charge in [-0.25, -0.2) is 4.79 Å². The summed E-state index contributed by atoms with van der Waals surface area (Å²) in [7, 11) is 0. The number of phenolic OH excluding ortho intramolecular Hbond substituents is 1. The molecule has 0 atom stereocenters. The maximum atomic E-state index is 13.3. The van der Waals surface area contributed by atoms with E-state index in [1.54, 1.807) is 0 Å². The minimum atomic E-state index is -4.98. The number of rotatable bonds is 2. The number of benzene rings is 1. The van der Waals surface area contributed by atoms with Gasteiger partial charge in [-0.15, -0.1) is 0 Å². The molecule has 25 heavy (non-hydrogen) atoms. The number of phenols is 1. The maximum Gasteiger partial charge on any atom is 0.512 e. The predicted molar refractivity (Wildman–Crippen MR) is 81.1 cm³/mol. The third-order valence-electron chi connectivity index (χ3n) is 3.15. The number of thiophene rings is 1. The summed E-state index contributed by atoms with van der Waals surface area (Å²) in [6.45, 7) is 0. The molecule has 0 spiro atoms. The van der Waals surface area contributed by atoms with Crippen molar-refractivity contribution in [1.29, 1.82) is 0 Å². The van der Waals surface area contributed by atoms with E-state index < -0.39 is 34.7 Å². The maximum absolute atomic E-state index is 13.3. The molecule has 0 unspecified atom stereocenters. The van der Waals surface area contributed by atoms with Gasteiger partial charge in [-0.05, 0) is 24.3 Å². The summed E-state index contributed by atoms with van der Waals surface area (Å²) in [5.74, 6) is -1.90. The van der Waals surface area contributed by atoms with Crippen molar-refractivity contribution in [2.24, 2.45) is 0 Å². The lowest BCUT2D eigenvalue weighted by molar-refractivity contribution is -0.152. The van der Waals surface area contributed by atoms with Crippen molar-refractivity contribution in [3.05, 3.63) is 46.3 Å². The van der Waals surface area contributed by atoms with Crippen LogP contribution >= 0.6 is 11.3 Å². The summed E-state index contributed by atoms with van der Waals surface area (Å²) in [6.07, 6.45) is -6.61. The molecule has 0 aliphatic carbocycles. The first-order valence-electron chi connectivity index (χ1n) is 6.55. The van der Waals surface area contributed by atoms with Crippen LogP contribution < -0.4 is 10.2 Å². The van der Waals surface area contributed by atoms with Crippen molar-refractivity contribution in [2.75, 3.05) is 0 Å². The van der Waals surface area contributed by atoms with Crippen LogP contribution in [-0.2, 0) is 6.18 Å². The molecule has 2 aromatic heterocycles. The van der Waals surface area contributed by atoms with Crippen LogP contribution in [0.1, 0.15) is 5.76 Å². The van der Waals surface area contributed by atoms with Gasteiger partial charge in [0.2, 0.25) is 11.2 Å². The Morgan fingerprint density at radius 3 is 2.56 bits per heavy atom. The van der Waals surface area contributed by atoms with Gasteiger partial charge in [0.15, 0.2) is 5.06 Å². The van der Waals surface area contributed by atoms with Crippen molar-refractivity contribution in [3.63, 3.8) is 0 Å². The summed E-state index contributed by atoms with van der Waals surface area (Å²) in [6, 6.07) is 5.46. The summed E-state index contributed by atoms with van der Waals surface area (Å²) in [5.41, 5.74) is -2.13. The van der Waals surface area contributed by atoms with E-state index in [-0.39, 0.29) is 21.1 Å². The zero-order valence-corrected chi connectivity index (χ0v) is 12.8. The Labute approximate surface area is 140 Å². The molecule has 130 valence electrons. The topological polar surface area (TPSA) is 97.0 Å². The van der Waals surface area contributed by atoms with E-state index in [1.165, 1.54) is 0 Å². The minimum Gasteiger partial charge on any atom is -0.508 e. The summed E-state index contributed by atoms with van der Waals surface area (Å²) >= 11 is 0.558. The van der Waals surface area contributed by atoms with Crippen LogP contribution in [0.2, 0.25) is 0 Å². The molecule has 2 N–H and O–H groups in total. The Morgan fingerprint density at radius 1 is 1.20 bits per heavy atom. The molecule has 0 bridgehead atoms. The molecule has 0 aliphatic heterocycles. The Balaban J connectivity index is 2.30. The Bertz CT molecular complexity index is 1030. The smallest absolute Gasteiger partial charge is 0.508 e. The van der Waals surface area contributed by atoms with Crippen LogP contribution in [0.15, 0.2) is 39.5 Å². The molecular weight excluding hydrogens is 365 g/mol. The monoisotopic (exact) mass is 372 g/mol. The average Bonchev–Trinajstić information content (AvgIpc) is 2.93. The first-order chi connectivity index (χ1) is 11.7. The fraction of sp³-hybridized carbons (Fsp3) is 0.0667. The molecule has 3 aromatic rings. The highest BCUT2D eigenvalue weighted by Crippen LogP contribution is 2.41. The standard InChI is InChI=1S/C15H7F3O6S/c16-15(17,18)13-11(9-3-4-10(25-9)24-14(21)22)12(20)7-2-1-6(19)5-8(7)23-13/h1-5,19H,(H,21,22). The number of carbonyl (C=O) groups is 1. The predicted octanol–water partition coefficient (Wildman–Crippen LogP) is 4.30. The highest BCUT2D eigenvalue weighted by atomic mass is 32.1. The Hall–Kier alpha value is -3.01. The Kier molecular flexibility index (Phi) is 3.91. The lowest BCUT2D eigenvalue weighted by Crippen LogP contribution is -2.15. The molecule has 0 fully saturated rings. The first-order valence-corrected chi connectivity index (χ1v) is 7.36. The van der Waals surface area contributed by atoms with Gasteiger partial charge in [-0.3, -0.25) is 4.79 Å². The lowest BCUT2D eigenvalue weighted by atomic mass is 10.1. The molecule has 2 heterocycles. The van der Waals surface area contributed by atoms with Gasteiger partial charge in [0.25, 0.3) is 0 Å². The van der Waals surface area contributed by atoms with E-state index in [0.717, 1.165) is 30.3 Å². The van der Waals surface area contributed by atoms with E-state index in [4.69, 9.17) is 9.52 Å². The number of fused-ring (bicyclic) bond motifs is 1. The second-order valence-corrected chi connectivity index (χ2v) is 5.85. The first kappa shape index (κ1) is 16.8. The summed E-state index contributed by atoms with van der Waals surface area (Å²) in [5, 5.41) is 17.6. The molecule has 6 nitrogen and oxygen atoms in total. The fourth-order valence-corrected chi connectivity index (χ4v) is 3.09. The van der Waals surface area contributed by atoms with Crippen LogP contribution in [0.3, 0.4) is 0 Å². The van der Waals surface area contributed by atoms with Crippen molar-refractivity contribution in [2.45, 2.75) is 6.18 Å². The zero-order chi connectivity index (χ0) is 18.4. The van der Waals surface area contributed by atoms with Crippen molar-refractivity contribution < 1.29 is 37.3 Å². The molecule has 0 radical (unpaired) electrons. The van der Waals surface area contributed by atoms with E-state index >= 15 is 0 Å². The third kappa shape index (κ3) is 3.15. The number of aromatic hydroxyl groups is 1. The molecule has 0 saturated heterocycles.